The van der Waals surface area contributed by atoms with E-state index >= 15 is 0 Å². The van der Waals surface area contributed by atoms with Crippen LogP contribution in [0.3, 0.4) is 0 Å². The second-order valence-corrected chi connectivity index (χ2v) is 7.39. The predicted octanol–water partition coefficient (Wildman–Crippen LogP) is 3.76. The summed E-state index contributed by atoms with van der Waals surface area (Å²) in [5.74, 6) is -0.0740. The smallest absolute Gasteiger partial charge is 0.240 e. The van der Waals surface area contributed by atoms with Crippen molar-refractivity contribution >= 4 is 46.5 Å². The van der Waals surface area contributed by atoms with Gasteiger partial charge in [-0.05, 0) is 35.9 Å². The number of rotatable bonds is 1. The Bertz CT molecular complexity index is 1120. The number of carbonyl (C=O) groups is 2. The van der Waals surface area contributed by atoms with Crippen molar-refractivity contribution in [2.75, 3.05) is 10.6 Å². The van der Waals surface area contributed by atoms with Crippen molar-refractivity contribution in [3.05, 3.63) is 69.8 Å². The number of amides is 2. The van der Waals surface area contributed by atoms with Gasteiger partial charge in [0.25, 0.3) is 0 Å². The molecular formula is C19H12Cl2N4O2. The van der Waals surface area contributed by atoms with Crippen molar-refractivity contribution in [3.63, 3.8) is 0 Å². The quantitative estimate of drug-likeness (QED) is 0.654. The van der Waals surface area contributed by atoms with Crippen molar-refractivity contribution in [3.8, 4) is 5.69 Å². The van der Waals surface area contributed by atoms with Crippen LogP contribution in [0.2, 0.25) is 10.0 Å². The Morgan fingerprint density at radius 2 is 1.78 bits per heavy atom. The van der Waals surface area contributed by atoms with Crippen molar-refractivity contribution in [1.82, 2.24) is 9.78 Å². The second kappa shape index (κ2) is 5.58. The average Bonchev–Trinajstić information content (AvgIpc) is 3.18. The first kappa shape index (κ1) is 16.4. The van der Waals surface area contributed by atoms with E-state index < -0.39 is 5.41 Å². The fourth-order valence-electron chi connectivity index (χ4n) is 3.86. The molecule has 3 heterocycles. The van der Waals surface area contributed by atoms with Gasteiger partial charge in [-0.1, -0.05) is 35.3 Å². The third-order valence-corrected chi connectivity index (χ3v) is 5.65. The molecule has 2 amide bonds. The Hall–Kier alpha value is -2.83. The minimum atomic E-state index is -1.15. The van der Waals surface area contributed by atoms with E-state index in [0.29, 0.717) is 32.7 Å². The molecule has 0 bridgehead atoms. The van der Waals surface area contributed by atoms with Gasteiger partial charge in [0.1, 0.15) is 11.2 Å². The molecule has 27 heavy (non-hydrogen) atoms. The minimum Gasteiger partial charge on any atom is -0.323 e. The molecule has 8 heteroatoms. The molecule has 2 aliphatic heterocycles. The molecule has 0 unspecified atom stereocenters. The Balaban J connectivity index is 1.76. The van der Waals surface area contributed by atoms with E-state index in [9.17, 15) is 9.59 Å². The molecule has 0 radical (unpaired) electrons. The molecule has 1 aromatic heterocycles. The number of hydrogen-bond acceptors (Lipinski definition) is 3. The molecule has 3 aromatic rings. The van der Waals surface area contributed by atoms with E-state index in [1.807, 2.05) is 6.07 Å². The van der Waals surface area contributed by atoms with Crippen molar-refractivity contribution < 1.29 is 9.59 Å². The highest BCUT2D eigenvalue weighted by Crippen LogP contribution is 2.51. The van der Waals surface area contributed by atoms with Crippen LogP contribution in [-0.2, 0) is 15.0 Å². The summed E-state index contributed by atoms with van der Waals surface area (Å²) >= 11 is 12.2. The summed E-state index contributed by atoms with van der Waals surface area (Å²) < 4.78 is 1.60. The van der Waals surface area contributed by atoms with E-state index in [1.165, 1.54) is 0 Å². The lowest BCUT2D eigenvalue weighted by Crippen LogP contribution is -2.43. The number of anilines is 2. The van der Waals surface area contributed by atoms with Gasteiger partial charge >= 0.3 is 0 Å². The number of halogens is 2. The molecule has 2 aliphatic rings. The SMILES string of the molecule is O=C1C[C@@]2(C(=O)Nc3c(Cl)cccc32)c2cnn(-c3ccc(Cl)cc3)c2N1. The Morgan fingerprint density at radius 3 is 2.56 bits per heavy atom. The van der Waals surface area contributed by atoms with Crippen LogP contribution in [0.4, 0.5) is 11.5 Å². The summed E-state index contributed by atoms with van der Waals surface area (Å²) in [5, 5.41) is 11.2. The van der Waals surface area contributed by atoms with Gasteiger partial charge in [-0.15, -0.1) is 0 Å². The lowest BCUT2D eigenvalue weighted by molar-refractivity contribution is -0.125. The molecule has 6 nitrogen and oxygen atoms in total. The van der Waals surface area contributed by atoms with Gasteiger partial charge in [-0.3, -0.25) is 9.59 Å². The maximum absolute atomic E-state index is 13.1. The molecule has 0 saturated carbocycles. The number of carbonyl (C=O) groups excluding carboxylic acids is 2. The number of hydrogen-bond donors (Lipinski definition) is 2. The van der Waals surface area contributed by atoms with E-state index in [0.717, 1.165) is 5.69 Å². The fourth-order valence-corrected chi connectivity index (χ4v) is 4.21. The van der Waals surface area contributed by atoms with Crippen molar-refractivity contribution in [2.45, 2.75) is 11.8 Å². The molecule has 5 rings (SSSR count). The van der Waals surface area contributed by atoms with Gasteiger partial charge in [0.2, 0.25) is 11.8 Å². The molecule has 0 fully saturated rings. The van der Waals surface area contributed by atoms with E-state index in [4.69, 9.17) is 23.2 Å². The first-order valence-electron chi connectivity index (χ1n) is 8.25. The van der Waals surface area contributed by atoms with Crippen LogP contribution in [0.1, 0.15) is 17.5 Å². The van der Waals surface area contributed by atoms with Gasteiger partial charge < -0.3 is 10.6 Å². The van der Waals surface area contributed by atoms with Crippen LogP contribution in [-0.4, -0.2) is 21.6 Å². The third kappa shape index (κ3) is 2.17. The standard InChI is InChI=1S/C19H12Cl2N4O2/c20-10-4-6-11(7-5-10)25-17-13(9-22-25)19(8-15(26)23-17)12-2-1-3-14(21)16(12)24-18(19)27/h1-7,9H,8H2,(H,23,26)(H,24,27)/t19-/m0/s1. The number of fused-ring (bicyclic) bond motifs is 4. The summed E-state index contributed by atoms with van der Waals surface area (Å²) in [5.41, 5.74) is 1.44. The zero-order valence-corrected chi connectivity index (χ0v) is 15.3. The lowest BCUT2D eigenvalue weighted by atomic mass is 9.72. The number of aromatic nitrogens is 2. The first-order chi connectivity index (χ1) is 13.0. The predicted molar refractivity (Wildman–Crippen MR) is 103 cm³/mol. The normalized spacial score (nSPS) is 20.2. The van der Waals surface area contributed by atoms with Gasteiger partial charge in [0, 0.05) is 17.0 Å². The summed E-state index contributed by atoms with van der Waals surface area (Å²) in [6.45, 7) is 0. The van der Waals surface area contributed by atoms with Gasteiger partial charge in [0.15, 0.2) is 0 Å². The van der Waals surface area contributed by atoms with Crippen LogP contribution in [0.25, 0.3) is 5.69 Å². The molecule has 0 aliphatic carbocycles. The van der Waals surface area contributed by atoms with Crippen LogP contribution >= 0.6 is 23.2 Å². The monoisotopic (exact) mass is 398 g/mol. The summed E-state index contributed by atoms with van der Waals surface area (Å²) in [6.07, 6.45) is 1.62. The number of benzene rings is 2. The average molecular weight is 399 g/mol. The maximum Gasteiger partial charge on any atom is 0.240 e. The maximum atomic E-state index is 13.1. The molecule has 2 N–H and O–H groups in total. The molecule has 134 valence electrons. The van der Waals surface area contributed by atoms with Crippen molar-refractivity contribution in [1.29, 1.82) is 0 Å². The van der Waals surface area contributed by atoms with Crippen LogP contribution < -0.4 is 10.6 Å². The second-order valence-electron chi connectivity index (χ2n) is 6.54. The zero-order valence-electron chi connectivity index (χ0n) is 13.8. The van der Waals surface area contributed by atoms with Gasteiger partial charge in [-0.2, -0.15) is 5.10 Å². The molecule has 1 spiro atoms. The zero-order chi connectivity index (χ0) is 18.8. The fraction of sp³-hybridized carbons (Fsp3) is 0.105. The van der Waals surface area contributed by atoms with Gasteiger partial charge in [-0.25, -0.2) is 4.68 Å². The molecule has 1 atom stereocenters. The Morgan fingerprint density at radius 1 is 1.00 bits per heavy atom. The molecule has 0 saturated heterocycles. The minimum absolute atomic E-state index is 0.00845. The summed E-state index contributed by atoms with van der Waals surface area (Å²) in [4.78, 5) is 25.6. The number of nitrogens with one attached hydrogen (secondary N) is 2. The highest BCUT2D eigenvalue weighted by molar-refractivity contribution is 6.35. The number of para-hydroxylation sites is 1. The summed E-state index contributed by atoms with van der Waals surface area (Å²) in [6, 6.07) is 12.4. The van der Waals surface area contributed by atoms with Crippen molar-refractivity contribution in [2.24, 2.45) is 0 Å². The topological polar surface area (TPSA) is 76.0 Å². The lowest BCUT2D eigenvalue weighted by Gasteiger charge is -2.31. The van der Waals surface area contributed by atoms with Crippen LogP contribution in [0, 0.1) is 0 Å². The van der Waals surface area contributed by atoms with Crippen LogP contribution in [0.5, 0.6) is 0 Å². The summed E-state index contributed by atoms with van der Waals surface area (Å²) in [7, 11) is 0. The van der Waals surface area contributed by atoms with E-state index in [2.05, 4.69) is 15.7 Å². The molecular weight excluding hydrogens is 387 g/mol. The molecule has 2 aromatic carbocycles. The van der Waals surface area contributed by atoms with Gasteiger partial charge in [0.05, 0.1) is 22.6 Å². The highest BCUT2D eigenvalue weighted by atomic mass is 35.5. The highest BCUT2D eigenvalue weighted by Gasteiger charge is 2.54. The van der Waals surface area contributed by atoms with E-state index in [1.54, 1.807) is 47.3 Å². The van der Waals surface area contributed by atoms with Crippen LogP contribution in [0.15, 0.2) is 48.7 Å². The Labute approximate surface area is 164 Å². The third-order valence-electron chi connectivity index (χ3n) is 5.08. The Kier molecular flexibility index (Phi) is 3.38. The first-order valence-corrected chi connectivity index (χ1v) is 9.01. The van der Waals surface area contributed by atoms with E-state index in [-0.39, 0.29) is 18.2 Å². The largest absolute Gasteiger partial charge is 0.323 e. The number of nitrogens with zero attached hydrogens (tertiary/aromatic N) is 2.